The number of thioether (sulfide) groups is 1. The molecule has 4 aliphatic heterocycles. The van der Waals surface area contributed by atoms with Crippen molar-refractivity contribution in [1.82, 2.24) is 9.80 Å². The number of carbonyl (C=O) groups excluding carboxylic acids is 3. The van der Waals surface area contributed by atoms with Crippen LogP contribution in [-0.2, 0) is 19.1 Å². The fourth-order valence-corrected chi connectivity index (χ4v) is 8.03. The first-order valence-electron chi connectivity index (χ1n) is 11.5. The number of nitrogens with zero attached hydrogens (tertiary/aromatic N) is 2. The summed E-state index contributed by atoms with van der Waals surface area (Å²) in [6, 6.07) is -1.33. The zero-order valence-corrected chi connectivity index (χ0v) is 20.3. The third-order valence-corrected chi connectivity index (χ3v) is 9.22. The second-order valence-electron chi connectivity index (χ2n) is 10.1. The van der Waals surface area contributed by atoms with Crippen molar-refractivity contribution < 1.29 is 24.2 Å². The van der Waals surface area contributed by atoms with Crippen molar-refractivity contribution in [2.45, 2.75) is 68.7 Å². The number of fused-ring (bicyclic) bond motifs is 2. The maximum absolute atomic E-state index is 14.1. The zero-order valence-electron chi connectivity index (χ0n) is 19.5. The predicted molar refractivity (Wildman–Crippen MR) is 123 cm³/mol. The normalized spacial score (nSPS) is 37.8. The number of rotatable bonds is 4. The van der Waals surface area contributed by atoms with Crippen molar-refractivity contribution in [1.29, 1.82) is 0 Å². The minimum atomic E-state index is -0.896. The SMILES string of the molecule is CC(C)[C@H](CO)N1C(=O)[C@@H]2[C@@H]3C(=O)OCCC=C[C@]3(C)S[C@@]23C=CCN(C(C)C)C(=O)C13. The molecule has 0 aliphatic carbocycles. The van der Waals surface area contributed by atoms with Crippen LogP contribution >= 0.6 is 11.8 Å². The van der Waals surface area contributed by atoms with Crippen LogP contribution in [0.2, 0.25) is 0 Å². The Morgan fingerprint density at radius 2 is 1.84 bits per heavy atom. The van der Waals surface area contributed by atoms with Gasteiger partial charge in [0.25, 0.3) is 0 Å². The molecule has 32 heavy (non-hydrogen) atoms. The van der Waals surface area contributed by atoms with E-state index in [0.717, 1.165) is 0 Å². The molecular formula is C24H34N2O5S. The van der Waals surface area contributed by atoms with Crippen molar-refractivity contribution in [2.75, 3.05) is 19.8 Å². The van der Waals surface area contributed by atoms with Gasteiger partial charge in [-0.1, -0.05) is 38.2 Å². The lowest BCUT2D eigenvalue weighted by Gasteiger charge is -2.41. The van der Waals surface area contributed by atoms with Gasteiger partial charge in [0.1, 0.15) is 6.04 Å². The third-order valence-electron chi connectivity index (χ3n) is 7.43. The van der Waals surface area contributed by atoms with E-state index in [2.05, 4.69) is 0 Å². The Hall–Kier alpha value is -1.80. The summed E-state index contributed by atoms with van der Waals surface area (Å²) in [6.07, 6.45) is 8.63. The highest BCUT2D eigenvalue weighted by Crippen LogP contribution is 2.65. The number of esters is 1. The van der Waals surface area contributed by atoms with E-state index in [1.54, 1.807) is 9.80 Å². The Morgan fingerprint density at radius 1 is 1.12 bits per heavy atom. The zero-order chi connectivity index (χ0) is 23.4. The van der Waals surface area contributed by atoms with E-state index in [9.17, 15) is 19.5 Å². The number of amides is 2. The van der Waals surface area contributed by atoms with Crippen LogP contribution in [0.15, 0.2) is 24.3 Å². The van der Waals surface area contributed by atoms with Crippen molar-refractivity contribution >= 4 is 29.5 Å². The lowest BCUT2D eigenvalue weighted by Crippen LogP contribution is -2.58. The third kappa shape index (κ3) is 3.24. The first kappa shape index (κ1) is 23.4. The number of aliphatic hydroxyl groups is 1. The highest BCUT2D eigenvalue weighted by atomic mass is 32.2. The molecule has 0 aromatic rings. The molecule has 4 aliphatic rings. The predicted octanol–water partition coefficient (Wildman–Crippen LogP) is 2.00. The molecule has 2 amide bonds. The van der Waals surface area contributed by atoms with Crippen LogP contribution in [0.4, 0.5) is 0 Å². The van der Waals surface area contributed by atoms with Crippen LogP contribution in [-0.4, -0.2) is 80.1 Å². The molecule has 176 valence electrons. The lowest BCUT2D eigenvalue weighted by molar-refractivity contribution is -0.155. The van der Waals surface area contributed by atoms with Crippen LogP contribution in [0.5, 0.6) is 0 Å². The number of ether oxygens (including phenoxy) is 1. The van der Waals surface area contributed by atoms with Gasteiger partial charge in [0, 0.05) is 17.3 Å². The largest absolute Gasteiger partial charge is 0.465 e. The van der Waals surface area contributed by atoms with Gasteiger partial charge in [-0.05, 0) is 33.1 Å². The molecule has 0 radical (unpaired) electrons. The summed E-state index contributed by atoms with van der Waals surface area (Å²) < 4.78 is 3.98. The van der Waals surface area contributed by atoms with Gasteiger partial charge in [-0.25, -0.2) is 0 Å². The number of carbonyl (C=O) groups is 3. The Bertz CT molecular complexity index is 870. The molecule has 4 heterocycles. The number of cyclic esters (lactones) is 1. The first-order chi connectivity index (χ1) is 15.1. The molecule has 0 aromatic heterocycles. The topological polar surface area (TPSA) is 87.2 Å². The van der Waals surface area contributed by atoms with E-state index in [1.165, 1.54) is 11.8 Å². The van der Waals surface area contributed by atoms with Gasteiger partial charge in [-0.3, -0.25) is 14.4 Å². The van der Waals surface area contributed by atoms with Crippen LogP contribution < -0.4 is 0 Å². The Labute approximate surface area is 194 Å². The van der Waals surface area contributed by atoms with Crippen molar-refractivity contribution in [3.8, 4) is 0 Å². The molecule has 1 N–H and O–H groups in total. The van der Waals surface area contributed by atoms with E-state index in [4.69, 9.17) is 4.74 Å². The Kier molecular flexibility index (Phi) is 5.99. The van der Waals surface area contributed by atoms with Crippen molar-refractivity contribution in [3.05, 3.63) is 24.3 Å². The van der Waals surface area contributed by atoms with Gasteiger partial charge >= 0.3 is 5.97 Å². The summed E-state index contributed by atoms with van der Waals surface area (Å²) in [5, 5.41) is 10.2. The molecule has 8 heteroatoms. The summed E-state index contributed by atoms with van der Waals surface area (Å²) in [6.45, 7) is 10.3. The van der Waals surface area contributed by atoms with Crippen molar-refractivity contribution in [2.24, 2.45) is 17.8 Å². The summed E-state index contributed by atoms with van der Waals surface area (Å²) in [7, 11) is 0. The first-order valence-corrected chi connectivity index (χ1v) is 12.4. The molecule has 2 fully saturated rings. The van der Waals surface area contributed by atoms with Crippen LogP contribution in [0.3, 0.4) is 0 Å². The summed E-state index contributed by atoms with van der Waals surface area (Å²) >= 11 is 1.54. The monoisotopic (exact) mass is 462 g/mol. The van der Waals surface area contributed by atoms with E-state index in [1.807, 2.05) is 58.9 Å². The molecule has 7 nitrogen and oxygen atoms in total. The van der Waals surface area contributed by atoms with Gasteiger partial charge in [0.05, 0.1) is 35.8 Å². The Morgan fingerprint density at radius 3 is 2.47 bits per heavy atom. The molecule has 1 unspecified atom stereocenters. The summed E-state index contributed by atoms with van der Waals surface area (Å²) in [5.74, 6) is -2.21. The molecule has 0 bridgehead atoms. The van der Waals surface area contributed by atoms with Gasteiger partial charge in [-0.15, -0.1) is 11.8 Å². The minimum Gasteiger partial charge on any atom is -0.465 e. The fourth-order valence-electron chi connectivity index (χ4n) is 5.89. The quantitative estimate of drug-likeness (QED) is 0.508. The van der Waals surface area contributed by atoms with Gasteiger partial charge in [0.15, 0.2) is 0 Å². The molecule has 6 atom stereocenters. The fraction of sp³-hybridized carbons (Fsp3) is 0.708. The smallest absolute Gasteiger partial charge is 0.311 e. The molecule has 2 saturated heterocycles. The standard InChI is InChI=1S/C24H34N2O5S/c1-14(2)16(13-27)26-19-21(29)25(15(3)4)11-8-10-24(19)17(20(26)28)18-22(30)31-12-7-6-9-23(18,5)32-24/h6,8-10,14-19,27H,7,11-13H2,1-5H3/t16-,17-,18+,19?,23-,24-/m0/s1. The van der Waals surface area contributed by atoms with E-state index in [-0.39, 0.29) is 43.0 Å². The van der Waals surface area contributed by atoms with Gasteiger partial charge in [0.2, 0.25) is 11.8 Å². The minimum absolute atomic E-state index is 0.0366. The summed E-state index contributed by atoms with van der Waals surface area (Å²) in [5.41, 5.74) is 0. The highest BCUT2D eigenvalue weighted by molar-refractivity contribution is 8.02. The number of hydrogen-bond acceptors (Lipinski definition) is 6. The highest BCUT2D eigenvalue weighted by Gasteiger charge is 2.74. The maximum Gasteiger partial charge on any atom is 0.311 e. The molecule has 0 saturated carbocycles. The molecule has 0 aromatic carbocycles. The lowest BCUT2D eigenvalue weighted by atomic mass is 9.74. The second kappa shape index (κ2) is 8.20. The molecule has 4 rings (SSSR count). The van der Waals surface area contributed by atoms with Crippen molar-refractivity contribution in [3.63, 3.8) is 0 Å². The van der Waals surface area contributed by atoms with Gasteiger partial charge < -0.3 is 19.6 Å². The van der Waals surface area contributed by atoms with Crippen LogP contribution in [0.25, 0.3) is 0 Å². The van der Waals surface area contributed by atoms with Crippen LogP contribution in [0.1, 0.15) is 41.0 Å². The van der Waals surface area contributed by atoms with E-state index in [0.29, 0.717) is 13.0 Å². The second-order valence-corrected chi connectivity index (χ2v) is 11.9. The molecular weight excluding hydrogens is 428 g/mol. The van der Waals surface area contributed by atoms with E-state index >= 15 is 0 Å². The van der Waals surface area contributed by atoms with E-state index < -0.39 is 33.4 Å². The van der Waals surface area contributed by atoms with Gasteiger partial charge in [-0.2, -0.15) is 0 Å². The average Bonchev–Trinajstić information content (AvgIpc) is 3.02. The Balaban J connectivity index is 1.93. The number of likely N-dealkylation sites (tertiary alicyclic amines) is 1. The van der Waals surface area contributed by atoms with Crippen LogP contribution in [0, 0.1) is 17.8 Å². The number of aliphatic hydroxyl groups excluding tert-OH is 1. The summed E-state index contributed by atoms with van der Waals surface area (Å²) in [4.78, 5) is 44.7. The maximum atomic E-state index is 14.1. The molecule has 1 spiro atoms. The average molecular weight is 463 g/mol. The number of hydrogen-bond donors (Lipinski definition) is 1.